The van der Waals surface area contributed by atoms with Crippen molar-refractivity contribution in [1.29, 1.82) is 0 Å². The average molecular weight is 367 g/mol. The van der Waals surface area contributed by atoms with Crippen LogP contribution in [0.5, 0.6) is 0 Å². The number of hydrogen-bond donors (Lipinski definition) is 1. The van der Waals surface area contributed by atoms with E-state index in [1.54, 1.807) is 6.92 Å². The fourth-order valence-electron chi connectivity index (χ4n) is 3.50. The highest BCUT2D eigenvalue weighted by Gasteiger charge is 2.28. The molecule has 1 N–H and O–H groups in total. The van der Waals surface area contributed by atoms with E-state index < -0.39 is 11.9 Å². The Balaban J connectivity index is 1.80. The van der Waals surface area contributed by atoms with Crippen LogP contribution in [0, 0.1) is 0 Å². The van der Waals surface area contributed by atoms with Gasteiger partial charge in [0.1, 0.15) is 0 Å². The molecule has 0 aromatic rings. The molecule has 0 aromatic heterocycles. The molecule has 0 unspecified atom stereocenters. The van der Waals surface area contributed by atoms with E-state index in [4.69, 9.17) is 5.11 Å². The fourth-order valence-corrected chi connectivity index (χ4v) is 3.50. The maximum Gasteiger partial charge on any atom is 0.342 e. The first kappa shape index (κ1) is 22.9. The molecule has 0 radical (unpaired) electrons. The van der Waals surface area contributed by atoms with E-state index in [2.05, 4.69) is 4.74 Å². The van der Waals surface area contributed by atoms with Crippen LogP contribution >= 0.6 is 0 Å². The summed E-state index contributed by atoms with van der Waals surface area (Å²) in [4.78, 5) is 22.7. The lowest BCUT2D eigenvalue weighted by atomic mass is 10.0. The summed E-state index contributed by atoms with van der Waals surface area (Å²) >= 11 is 0. The lowest BCUT2D eigenvalue weighted by Gasteiger charge is -2.04. The zero-order valence-electron chi connectivity index (χ0n) is 16.7. The van der Waals surface area contributed by atoms with Gasteiger partial charge in [-0.05, 0) is 26.2 Å². The van der Waals surface area contributed by atoms with Crippen molar-refractivity contribution in [3.05, 3.63) is 11.1 Å². The minimum atomic E-state index is -0.466. The van der Waals surface area contributed by atoms with Gasteiger partial charge in [-0.3, -0.25) is 0 Å². The first-order chi connectivity index (χ1) is 12.7. The number of aliphatic hydroxyl groups excluding tert-OH is 1. The third-order valence-corrected chi connectivity index (χ3v) is 5.28. The van der Waals surface area contributed by atoms with Crippen LogP contribution in [0.25, 0.3) is 0 Å². The van der Waals surface area contributed by atoms with Gasteiger partial charge in [0, 0.05) is 17.8 Å². The van der Waals surface area contributed by atoms with Crippen molar-refractivity contribution in [3.8, 4) is 0 Å². The summed E-state index contributed by atoms with van der Waals surface area (Å²) in [6.45, 7) is 2.02. The molecule has 0 saturated carbocycles. The zero-order chi connectivity index (χ0) is 19.0. The number of cyclic esters (lactones) is 2. The van der Waals surface area contributed by atoms with E-state index in [9.17, 15) is 9.59 Å². The van der Waals surface area contributed by atoms with Gasteiger partial charge in [-0.25, -0.2) is 9.59 Å². The molecule has 1 aliphatic rings. The van der Waals surface area contributed by atoms with Gasteiger partial charge in [-0.15, -0.1) is 0 Å². The summed E-state index contributed by atoms with van der Waals surface area (Å²) in [6.07, 6.45) is 19.4. The van der Waals surface area contributed by atoms with Gasteiger partial charge < -0.3 is 9.84 Å². The molecule has 0 aliphatic carbocycles. The molecule has 0 fully saturated rings. The van der Waals surface area contributed by atoms with Gasteiger partial charge in [-0.2, -0.15) is 0 Å². The van der Waals surface area contributed by atoms with Gasteiger partial charge in [0.2, 0.25) is 0 Å². The van der Waals surface area contributed by atoms with Gasteiger partial charge in [-0.1, -0.05) is 83.5 Å². The van der Waals surface area contributed by atoms with Crippen LogP contribution in [0.2, 0.25) is 0 Å². The first-order valence-electron chi connectivity index (χ1n) is 10.7. The standard InChI is InChI=1S/C22H38O4/c1-19-20(22(25)26-21(19)24)17-15-13-11-9-7-5-3-2-4-6-8-10-12-14-16-18-23/h23H,2-18H2,1H3. The molecule has 0 saturated heterocycles. The van der Waals surface area contributed by atoms with E-state index in [1.807, 2.05) is 0 Å². The largest absolute Gasteiger partial charge is 0.396 e. The Morgan fingerprint density at radius 1 is 0.615 bits per heavy atom. The molecule has 150 valence electrons. The second-order valence-corrected chi connectivity index (χ2v) is 7.56. The number of hydrogen-bond acceptors (Lipinski definition) is 4. The molecule has 1 aliphatic heterocycles. The molecule has 0 bridgehead atoms. The molecule has 0 spiro atoms. The highest BCUT2D eigenvalue weighted by Crippen LogP contribution is 2.22. The number of carbonyl (C=O) groups excluding carboxylic acids is 2. The Labute approximate surface area is 159 Å². The van der Waals surface area contributed by atoms with Gasteiger partial charge >= 0.3 is 11.9 Å². The van der Waals surface area contributed by atoms with E-state index in [0.29, 0.717) is 24.2 Å². The molecule has 4 nitrogen and oxygen atoms in total. The van der Waals surface area contributed by atoms with Crippen molar-refractivity contribution in [2.45, 2.75) is 110 Å². The van der Waals surface area contributed by atoms with Crippen molar-refractivity contribution >= 4 is 11.9 Å². The summed E-state index contributed by atoms with van der Waals surface area (Å²) in [5.41, 5.74) is 1.09. The predicted molar refractivity (Wildman–Crippen MR) is 105 cm³/mol. The van der Waals surface area contributed by atoms with Crippen LogP contribution in [-0.4, -0.2) is 23.7 Å². The second-order valence-electron chi connectivity index (χ2n) is 7.56. The molecule has 0 aromatic carbocycles. The third kappa shape index (κ3) is 10.1. The SMILES string of the molecule is CC1=C(CCCCCCCCCCCCCCCCCO)C(=O)OC1=O. The lowest BCUT2D eigenvalue weighted by molar-refractivity contribution is -0.151. The van der Waals surface area contributed by atoms with Crippen LogP contribution in [-0.2, 0) is 14.3 Å². The first-order valence-corrected chi connectivity index (χ1v) is 10.7. The molecular weight excluding hydrogens is 328 g/mol. The minimum absolute atomic E-state index is 0.341. The lowest BCUT2D eigenvalue weighted by Crippen LogP contribution is -2.01. The van der Waals surface area contributed by atoms with Crippen molar-refractivity contribution in [3.63, 3.8) is 0 Å². The molecular formula is C22H38O4. The van der Waals surface area contributed by atoms with Crippen molar-refractivity contribution in [2.24, 2.45) is 0 Å². The van der Waals surface area contributed by atoms with Crippen LogP contribution in [0.3, 0.4) is 0 Å². The molecule has 1 heterocycles. The Bertz CT molecular complexity index is 439. The predicted octanol–water partition coefficient (Wildman–Crippen LogP) is 5.62. The second kappa shape index (κ2) is 15.0. The van der Waals surface area contributed by atoms with Gasteiger partial charge in [0.25, 0.3) is 0 Å². The molecule has 0 atom stereocenters. The molecule has 4 heteroatoms. The summed E-state index contributed by atoms with van der Waals surface area (Å²) < 4.78 is 4.60. The average Bonchev–Trinajstić information content (AvgIpc) is 2.87. The number of aliphatic hydroxyl groups is 1. The molecule has 1 rings (SSSR count). The van der Waals surface area contributed by atoms with Crippen molar-refractivity contribution in [2.75, 3.05) is 6.61 Å². The summed E-state index contributed by atoms with van der Waals surface area (Å²) in [5.74, 6) is -0.899. The third-order valence-electron chi connectivity index (χ3n) is 5.28. The Morgan fingerprint density at radius 3 is 1.35 bits per heavy atom. The number of carbonyl (C=O) groups is 2. The van der Waals surface area contributed by atoms with E-state index in [-0.39, 0.29) is 0 Å². The minimum Gasteiger partial charge on any atom is -0.396 e. The fraction of sp³-hybridized carbons (Fsp3) is 0.818. The monoisotopic (exact) mass is 366 g/mol. The Morgan fingerprint density at radius 2 is 1.00 bits per heavy atom. The quantitative estimate of drug-likeness (QED) is 0.206. The summed E-state index contributed by atoms with van der Waals surface area (Å²) in [5, 5.41) is 8.71. The maximum absolute atomic E-state index is 11.5. The number of unbranched alkanes of at least 4 members (excludes halogenated alkanes) is 14. The Kier molecular flexibility index (Phi) is 13.2. The number of esters is 2. The van der Waals surface area contributed by atoms with Gasteiger partial charge in [0.15, 0.2) is 0 Å². The normalized spacial score (nSPS) is 14.4. The maximum atomic E-state index is 11.5. The van der Waals surface area contributed by atoms with Crippen molar-refractivity contribution < 1.29 is 19.4 Å². The van der Waals surface area contributed by atoms with E-state index in [0.717, 1.165) is 19.3 Å². The highest BCUT2D eigenvalue weighted by atomic mass is 16.6. The van der Waals surface area contributed by atoms with Crippen LogP contribution in [0.1, 0.15) is 110 Å². The number of rotatable bonds is 17. The topological polar surface area (TPSA) is 63.6 Å². The highest BCUT2D eigenvalue weighted by molar-refractivity contribution is 6.11. The molecule has 26 heavy (non-hydrogen) atoms. The van der Waals surface area contributed by atoms with Crippen LogP contribution in [0.4, 0.5) is 0 Å². The van der Waals surface area contributed by atoms with Crippen LogP contribution < -0.4 is 0 Å². The summed E-state index contributed by atoms with van der Waals surface area (Å²) in [6, 6.07) is 0. The van der Waals surface area contributed by atoms with E-state index in [1.165, 1.54) is 77.0 Å². The number of ether oxygens (including phenoxy) is 1. The Hall–Kier alpha value is -1.16. The van der Waals surface area contributed by atoms with E-state index >= 15 is 0 Å². The smallest absolute Gasteiger partial charge is 0.342 e. The van der Waals surface area contributed by atoms with Gasteiger partial charge in [0.05, 0.1) is 0 Å². The molecule has 0 amide bonds. The zero-order valence-corrected chi connectivity index (χ0v) is 16.7. The van der Waals surface area contributed by atoms with Crippen LogP contribution in [0.15, 0.2) is 11.1 Å². The summed E-state index contributed by atoms with van der Waals surface area (Å²) in [7, 11) is 0. The van der Waals surface area contributed by atoms with Crippen molar-refractivity contribution in [1.82, 2.24) is 0 Å².